The van der Waals surface area contributed by atoms with Gasteiger partial charge in [0.05, 0.1) is 12.2 Å². The highest BCUT2D eigenvalue weighted by atomic mass is 35.5. The Kier molecular flexibility index (Phi) is 6.59. The van der Waals surface area contributed by atoms with Crippen LogP contribution in [-0.4, -0.2) is 52.7 Å². The summed E-state index contributed by atoms with van der Waals surface area (Å²) in [6.45, 7) is 0.906. The number of hydrogen-bond donors (Lipinski definition) is 0. The number of halogens is 1. The van der Waals surface area contributed by atoms with Gasteiger partial charge in [-0.05, 0) is 43.0 Å². The van der Waals surface area contributed by atoms with Crippen LogP contribution < -0.4 is 9.64 Å². The van der Waals surface area contributed by atoms with Gasteiger partial charge in [0.25, 0.3) is 11.8 Å². The van der Waals surface area contributed by atoms with Crippen molar-refractivity contribution in [1.29, 1.82) is 0 Å². The van der Waals surface area contributed by atoms with E-state index in [0.717, 1.165) is 29.5 Å². The van der Waals surface area contributed by atoms with E-state index in [9.17, 15) is 9.59 Å². The molecule has 7 nitrogen and oxygen atoms in total. The minimum absolute atomic E-state index is 0.0722. The highest BCUT2D eigenvalue weighted by molar-refractivity contribution is 6.31. The molecule has 0 radical (unpaired) electrons. The van der Waals surface area contributed by atoms with Gasteiger partial charge < -0.3 is 14.5 Å². The molecule has 0 spiro atoms. The summed E-state index contributed by atoms with van der Waals surface area (Å²) in [7, 11) is 1.72. The third kappa shape index (κ3) is 4.54. The molecule has 6 rings (SSSR count). The van der Waals surface area contributed by atoms with Crippen molar-refractivity contribution in [2.75, 3.05) is 25.1 Å². The summed E-state index contributed by atoms with van der Waals surface area (Å²) in [6, 6.07) is 14.8. The number of anilines is 1. The van der Waals surface area contributed by atoms with Crippen LogP contribution in [0.15, 0.2) is 48.5 Å². The highest BCUT2D eigenvalue weighted by Crippen LogP contribution is 2.34. The first-order valence-corrected chi connectivity index (χ1v) is 13.5. The van der Waals surface area contributed by atoms with E-state index < -0.39 is 6.04 Å². The van der Waals surface area contributed by atoms with Gasteiger partial charge in [0.2, 0.25) is 0 Å². The van der Waals surface area contributed by atoms with Gasteiger partial charge >= 0.3 is 0 Å². The van der Waals surface area contributed by atoms with E-state index in [2.05, 4.69) is 16.9 Å². The number of nitrogens with zero attached hydrogens (tertiary/aromatic N) is 4. The molecule has 1 atom stereocenters. The number of ether oxygens (including phenoxy) is 1. The SMILES string of the molecule is CN1C(=O)[C@@H](N2CCc3c(nn(Cc4ccccc4)c3Cl)C2=O)COc2ccc(C#CC3CCCC3)cc21. The molecule has 0 N–H and O–H groups in total. The molecule has 0 saturated heterocycles. The second-order valence-corrected chi connectivity index (χ2v) is 10.5. The second kappa shape index (κ2) is 10.2. The standard InChI is InChI=1S/C30H29ClN4O3/c1-33-24-17-21(12-11-20-7-5-6-8-20)13-14-26(24)38-19-25(29(33)36)34-16-15-23-27(30(34)37)32-35(28(23)31)18-22-9-3-2-4-10-22/h2-4,9-10,13-14,17,20,25H,5-8,15-16,18-19H2,1H3/t25-/m0/s1. The number of likely N-dealkylation sites (N-methyl/N-ethyl adjacent to an activating group) is 1. The van der Waals surface area contributed by atoms with E-state index in [4.69, 9.17) is 16.3 Å². The van der Waals surface area contributed by atoms with Crippen LogP contribution in [0.1, 0.15) is 52.9 Å². The van der Waals surface area contributed by atoms with Crippen molar-refractivity contribution < 1.29 is 14.3 Å². The maximum atomic E-state index is 13.6. The lowest BCUT2D eigenvalue weighted by atomic mass is 10.0. The molecule has 1 saturated carbocycles. The maximum Gasteiger partial charge on any atom is 0.275 e. The van der Waals surface area contributed by atoms with Gasteiger partial charge in [0, 0.05) is 30.6 Å². The van der Waals surface area contributed by atoms with E-state index >= 15 is 0 Å². The fourth-order valence-corrected chi connectivity index (χ4v) is 5.82. The zero-order chi connectivity index (χ0) is 26.2. The number of carbonyl (C=O) groups excluding carboxylic acids is 2. The Morgan fingerprint density at radius 2 is 1.89 bits per heavy atom. The first kappa shape index (κ1) is 24.6. The zero-order valence-corrected chi connectivity index (χ0v) is 22.1. The average molecular weight is 529 g/mol. The number of fused-ring (bicyclic) bond motifs is 2. The number of carbonyl (C=O) groups is 2. The van der Waals surface area contributed by atoms with Gasteiger partial charge in [-0.2, -0.15) is 5.10 Å². The number of aromatic nitrogens is 2. The van der Waals surface area contributed by atoms with Crippen LogP contribution in [0.3, 0.4) is 0 Å². The molecule has 194 valence electrons. The molecule has 1 fully saturated rings. The minimum atomic E-state index is -0.765. The number of amides is 2. The first-order chi connectivity index (χ1) is 18.5. The third-order valence-electron chi connectivity index (χ3n) is 7.71. The summed E-state index contributed by atoms with van der Waals surface area (Å²) in [5.74, 6) is 7.22. The minimum Gasteiger partial charge on any atom is -0.489 e. The Morgan fingerprint density at radius 3 is 2.68 bits per heavy atom. The van der Waals surface area contributed by atoms with Crippen LogP contribution >= 0.6 is 11.6 Å². The molecule has 1 aliphatic carbocycles. The second-order valence-electron chi connectivity index (χ2n) is 10.2. The van der Waals surface area contributed by atoms with Crippen LogP contribution in [0.2, 0.25) is 5.15 Å². The van der Waals surface area contributed by atoms with Crippen molar-refractivity contribution >= 4 is 29.1 Å². The lowest BCUT2D eigenvalue weighted by molar-refractivity contribution is -0.123. The lowest BCUT2D eigenvalue weighted by Crippen LogP contribution is -2.54. The van der Waals surface area contributed by atoms with Gasteiger partial charge in [-0.25, -0.2) is 4.68 Å². The molecule has 0 unspecified atom stereocenters. The summed E-state index contributed by atoms with van der Waals surface area (Å²) in [5, 5.41) is 5.02. The molecule has 2 aromatic carbocycles. The van der Waals surface area contributed by atoms with E-state index in [1.807, 2.05) is 48.5 Å². The smallest absolute Gasteiger partial charge is 0.275 e. The van der Waals surface area contributed by atoms with Crippen molar-refractivity contribution in [2.24, 2.45) is 5.92 Å². The molecule has 2 aliphatic heterocycles. The monoisotopic (exact) mass is 528 g/mol. The Balaban J connectivity index is 1.22. The molecule has 38 heavy (non-hydrogen) atoms. The maximum absolute atomic E-state index is 13.6. The molecule has 1 aromatic heterocycles. The lowest BCUT2D eigenvalue weighted by Gasteiger charge is -2.33. The molecule has 8 heteroatoms. The molecule has 3 aromatic rings. The molecule has 0 bridgehead atoms. The summed E-state index contributed by atoms with van der Waals surface area (Å²) in [6.07, 6.45) is 5.32. The number of hydrogen-bond acceptors (Lipinski definition) is 4. The Bertz CT molecular complexity index is 1450. The van der Waals surface area contributed by atoms with Crippen LogP contribution in [0.5, 0.6) is 5.75 Å². The quantitative estimate of drug-likeness (QED) is 0.468. The van der Waals surface area contributed by atoms with Crippen molar-refractivity contribution in [3.05, 3.63) is 76.1 Å². The summed E-state index contributed by atoms with van der Waals surface area (Å²) in [5.41, 5.74) is 3.59. The molecular formula is C30H29ClN4O3. The van der Waals surface area contributed by atoms with Gasteiger partial charge in [0.1, 0.15) is 23.6 Å². The predicted octanol–water partition coefficient (Wildman–Crippen LogP) is 4.55. The van der Waals surface area contributed by atoms with Gasteiger partial charge in [-0.3, -0.25) is 9.59 Å². The van der Waals surface area contributed by atoms with Gasteiger partial charge in [0.15, 0.2) is 5.69 Å². The Labute approximate surface area is 227 Å². The van der Waals surface area contributed by atoms with Crippen LogP contribution in [0.4, 0.5) is 5.69 Å². The summed E-state index contributed by atoms with van der Waals surface area (Å²) < 4.78 is 7.73. The molecule has 2 amide bonds. The van der Waals surface area contributed by atoms with Crippen LogP contribution in [0.25, 0.3) is 0 Å². The van der Waals surface area contributed by atoms with Gasteiger partial charge in [-0.1, -0.05) is 66.6 Å². The summed E-state index contributed by atoms with van der Waals surface area (Å²) >= 11 is 6.63. The fourth-order valence-electron chi connectivity index (χ4n) is 5.54. The number of benzene rings is 2. The van der Waals surface area contributed by atoms with E-state index in [1.165, 1.54) is 12.8 Å². The van der Waals surface area contributed by atoms with Crippen LogP contribution in [-0.2, 0) is 17.8 Å². The van der Waals surface area contributed by atoms with Gasteiger partial charge in [-0.15, -0.1) is 0 Å². The molecule has 3 heterocycles. The van der Waals surface area contributed by atoms with Crippen molar-refractivity contribution in [1.82, 2.24) is 14.7 Å². The third-order valence-corrected chi connectivity index (χ3v) is 8.13. The Hall–Kier alpha value is -3.76. The predicted molar refractivity (Wildman–Crippen MR) is 145 cm³/mol. The highest BCUT2D eigenvalue weighted by Gasteiger charge is 2.40. The zero-order valence-electron chi connectivity index (χ0n) is 21.3. The normalized spacial score (nSPS) is 19.4. The van der Waals surface area contributed by atoms with Crippen molar-refractivity contribution in [2.45, 2.75) is 44.7 Å². The fraction of sp³-hybridized carbons (Fsp3) is 0.367. The van der Waals surface area contributed by atoms with E-state index in [0.29, 0.717) is 47.7 Å². The molecular weight excluding hydrogens is 500 g/mol. The number of rotatable bonds is 3. The summed E-state index contributed by atoms with van der Waals surface area (Å²) in [4.78, 5) is 30.4. The topological polar surface area (TPSA) is 67.7 Å². The van der Waals surface area contributed by atoms with E-state index in [1.54, 1.807) is 21.5 Å². The largest absolute Gasteiger partial charge is 0.489 e. The van der Waals surface area contributed by atoms with Crippen LogP contribution in [0, 0.1) is 17.8 Å². The van der Waals surface area contributed by atoms with E-state index in [-0.39, 0.29) is 18.4 Å². The van der Waals surface area contributed by atoms with Crippen molar-refractivity contribution in [3.8, 4) is 17.6 Å². The van der Waals surface area contributed by atoms with Crippen molar-refractivity contribution in [3.63, 3.8) is 0 Å². The average Bonchev–Trinajstić information content (AvgIpc) is 3.55. The Morgan fingerprint density at radius 1 is 1.11 bits per heavy atom. The first-order valence-electron chi connectivity index (χ1n) is 13.2. The molecule has 3 aliphatic rings.